The number of carbonyl (C=O) groups is 2. The summed E-state index contributed by atoms with van der Waals surface area (Å²) in [6, 6.07) is 17.2. The maximum atomic E-state index is 12.6. The summed E-state index contributed by atoms with van der Waals surface area (Å²) in [6.45, 7) is 1.96. The molecule has 0 aliphatic carbocycles. The van der Waals surface area contributed by atoms with Gasteiger partial charge in [-0.1, -0.05) is 29.3 Å². The van der Waals surface area contributed by atoms with E-state index in [0.29, 0.717) is 39.0 Å². The first-order valence-corrected chi connectivity index (χ1v) is 8.68. The number of fused-ring (bicyclic) bond motifs is 2. The lowest BCUT2D eigenvalue weighted by Gasteiger charge is -2.10. The standard InChI is InChI=1S/C21H15ClN2O3/c1-12-2-4-13(5-3-12)20(25)23-15-7-9-18-16(11-15)21(26)24-17-10-14(22)6-8-19(17)27-18/h2-11H,1H3,(H,23,25)(H,24,26). The minimum atomic E-state index is -0.336. The molecule has 5 nitrogen and oxygen atoms in total. The molecule has 0 bridgehead atoms. The lowest BCUT2D eigenvalue weighted by atomic mass is 10.1. The third-order valence-electron chi connectivity index (χ3n) is 4.21. The Bertz CT molecular complexity index is 1060. The molecule has 0 atom stereocenters. The van der Waals surface area contributed by atoms with Gasteiger partial charge >= 0.3 is 0 Å². The minimum absolute atomic E-state index is 0.250. The highest BCUT2D eigenvalue weighted by Gasteiger charge is 2.22. The van der Waals surface area contributed by atoms with Crippen LogP contribution >= 0.6 is 11.6 Å². The molecule has 3 aromatic rings. The number of nitrogens with one attached hydrogen (secondary N) is 2. The van der Waals surface area contributed by atoms with Crippen LogP contribution in [0.4, 0.5) is 11.4 Å². The molecule has 6 heteroatoms. The van der Waals surface area contributed by atoms with Crippen LogP contribution in [0.15, 0.2) is 60.7 Å². The molecule has 0 aromatic heterocycles. The van der Waals surface area contributed by atoms with Crippen LogP contribution in [0.5, 0.6) is 11.5 Å². The highest BCUT2D eigenvalue weighted by Crippen LogP contribution is 2.37. The number of hydrogen-bond acceptors (Lipinski definition) is 3. The first-order chi connectivity index (χ1) is 13.0. The van der Waals surface area contributed by atoms with Gasteiger partial charge in [0.1, 0.15) is 5.75 Å². The van der Waals surface area contributed by atoms with Crippen molar-refractivity contribution in [3.63, 3.8) is 0 Å². The highest BCUT2D eigenvalue weighted by atomic mass is 35.5. The number of halogens is 1. The number of rotatable bonds is 2. The van der Waals surface area contributed by atoms with E-state index in [1.807, 2.05) is 19.1 Å². The van der Waals surface area contributed by atoms with E-state index < -0.39 is 0 Å². The van der Waals surface area contributed by atoms with Gasteiger partial charge in [-0.2, -0.15) is 0 Å². The summed E-state index contributed by atoms with van der Waals surface area (Å²) in [5.41, 5.74) is 2.93. The Labute approximate surface area is 160 Å². The van der Waals surface area contributed by atoms with Crippen molar-refractivity contribution in [1.82, 2.24) is 0 Å². The molecule has 27 heavy (non-hydrogen) atoms. The molecule has 1 heterocycles. The quantitative estimate of drug-likeness (QED) is 0.639. The fourth-order valence-corrected chi connectivity index (χ4v) is 2.95. The van der Waals surface area contributed by atoms with Crippen LogP contribution in [-0.4, -0.2) is 11.8 Å². The van der Waals surface area contributed by atoms with Gasteiger partial charge in [-0.05, 0) is 55.5 Å². The Morgan fingerprint density at radius 1 is 1.00 bits per heavy atom. The van der Waals surface area contributed by atoms with Gasteiger partial charge in [0.2, 0.25) is 0 Å². The van der Waals surface area contributed by atoms with E-state index in [4.69, 9.17) is 16.3 Å². The van der Waals surface area contributed by atoms with Gasteiger partial charge in [0.25, 0.3) is 11.8 Å². The second-order valence-electron chi connectivity index (χ2n) is 6.23. The first-order valence-electron chi connectivity index (χ1n) is 8.30. The SMILES string of the molecule is Cc1ccc(C(=O)Nc2ccc3c(c2)C(=O)Nc2cc(Cl)ccc2O3)cc1. The predicted octanol–water partition coefficient (Wildman–Crippen LogP) is 5.26. The number of ether oxygens (including phenoxy) is 1. The lowest BCUT2D eigenvalue weighted by Crippen LogP contribution is -2.14. The molecule has 134 valence electrons. The molecular formula is C21H15ClN2O3. The first kappa shape index (κ1) is 17.1. The average Bonchev–Trinajstić information content (AvgIpc) is 2.78. The third-order valence-corrected chi connectivity index (χ3v) is 4.44. The maximum Gasteiger partial charge on any atom is 0.259 e. The summed E-state index contributed by atoms with van der Waals surface area (Å²) < 4.78 is 5.83. The molecule has 0 radical (unpaired) electrons. The number of carbonyl (C=O) groups excluding carboxylic acids is 2. The number of aryl methyl sites for hydroxylation is 1. The minimum Gasteiger partial charge on any atom is -0.454 e. The lowest BCUT2D eigenvalue weighted by molar-refractivity contribution is 0.101. The van der Waals surface area contributed by atoms with Crippen molar-refractivity contribution in [3.8, 4) is 11.5 Å². The van der Waals surface area contributed by atoms with Gasteiger partial charge in [0, 0.05) is 16.3 Å². The smallest absolute Gasteiger partial charge is 0.259 e. The summed E-state index contributed by atoms with van der Waals surface area (Å²) in [6.07, 6.45) is 0. The fourth-order valence-electron chi connectivity index (χ4n) is 2.78. The Morgan fingerprint density at radius 2 is 1.74 bits per heavy atom. The molecule has 0 fully saturated rings. The molecule has 0 spiro atoms. The van der Waals surface area contributed by atoms with Gasteiger partial charge in [-0.25, -0.2) is 0 Å². The molecule has 4 rings (SSSR count). The molecule has 2 N–H and O–H groups in total. The molecule has 3 aromatic carbocycles. The van der Waals surface area contributed by atoms with E-state index in [0.717, 1.165) is 5.56 Å². The molecule has 0 unspecified atom stereocenters. The van der Waals surface area contributed by atoms with Crippen LogP contribution in [0.25, 0.3) is 0 Å². The maximum absolute atomic E-state index is 12.6. The van der Waals surface area contributed by atoms with Gasteiger partial charge in [-0.3, -0.25) is 9.59 Å². The number of anilines is 2. The van der Waals surface area contributed by atoms with Gasteiger partial charge < -0.3 is 15.4 Å². The zero-order valence-corrected chi connectivity index (χ0v) is 15.1. The number of hydrogen-bond donors (Lipinski definition) is 2. The van der Waals surface area contributed by atoms with Crippen molar-refractivity contribution in [2.24, 2.45) is 0 Å². The monoisotopic (exact) mass is 378 g/mol. The molecule has 1 aliphatic heterocycles. The Balaban J connectivity index is 1.61. The van der Waals surface area contributed by atoms with Crippen LogP contribution in [0.2, 0.25) is 5.02 Å². The second-order valence-corrected chi connectivity index (χ2v) is 6.66. The number of amides is 2. The van der Waals surface area contributed by atoms with Crippen LogP contribution in [0.3, 0.4) is 0 Å². The molecule has 0 saturated heterocycles. The van der Waals surface area contributed by atoms with E-state index in [2.05, 4.69) is 10.6 Å². The van der Waals surface area contributed by atoms with Crippen molar-refractivity contribution in [3.05, 3.63) is 82.4 Å². The predicted molar refractivity (Wildman–Crippen MR) is 105 cm³/mol. The Hall–Kier alpha value is -3.31. The third kappa shape index (κ3) is 3.50. The van der Waals surface area contributed by atoms with Crippen molar-refractivity contribution in [2.75, 3.05) is 10.6 Å². The topological polar surface area (TPSA) is 67.4 Å². The van der Waals surface area contributed by atoms with Crippen LogP contribution in [0.1, 0.15) is 26.3 Å². The van der Waals surface area contributed by atoms with Crippen molar-refractivity contribution < 1.29 is 14.3 Å². The summed E-state index contributed by atoms with van der Waals surface area (Å²) in [4.78, 5) is 25.0. The van der Waals surface area contributed by atoms with E-state index in [1.165, 1.54) is 0 Å². The van der Waals surface area contributed by atoms with E-state index in [1.54, 1.807) is 48.5 Å². The van der Waals surface area contributed by atoms with Gasteiger partial charge in [0.05, 0.1) is 11.3 Å². The molecule has 0 saturated carbocycles. The van der Waals surface area contributed by atoms with Gasteiger partial charge in [0.15, 0.2) is 5.75 Å². The number of benzene rings is 3. The summed E-state index contributed by atoms with van der Waals surface area (Å²) in [7, 11) is 0. The van der Waals surface area contributed by atoms with Crippen LogP contribution in [0, 0.1) is 6.92 Å². The molecule has 2 amide bonds. The summed E-state index contributed by atoms with van der Waals surface area (Å²) in [5.74, 6) is 0.322. The van der Waals surface area contributed by atoms with E-state index in [9.17, 15) is 9.59 Å². The fraction of sp³-hybridized carbons (Fsp3) is 0.0476. The summed E-state index contributed by atoms with van der Waals surface area (Å²) in [5, 5.41) is 6.08. The average molecular weight is 379 g/mol. The molecular weight excluding hydrogens is 364 g/mol. The second kappa shape index (κ2) is 6.78. The van der Waals surface area contributed by atoms with Crippen molar-refractivity contribution in [1.29, 1.82) is 0 Å². The zero-order valence-electron chi connectivity index (χ0n) is 14.4. The van der Waals surface area contributed by atoms with E-state index >= 15 is 0 Å². The van der Waals surface area contributed by atoms with Crippen LogP contribution < -0.4 is 15.4 Å². The van der Waals surface area contributed by atoms with Crippen molar-refractivity contribution >= 4 is 34.8 Å². The van der Waals surface area contributed by atoms with Crippen molar-refractivity contribution in [2.45, 2.75) is 6.92 Å². The summed E-state index contributed by atoms with van der Waals surface area (Å²) >= 11 is 5.99. The Kier molecular flexibility index (Phi) is 4.30. The van der Waals surface area contributed by atoms with Gasteiger partial charge in [-0.15, -0.1) is 0 Å². The normalized spacial score (nSPS) is 12.1. The highest BCUT2D eigenvalue weighted by molar-refractivity contribution is 6.31. The molecule has 1 aliphatic rings. The Morgan fingerprint density at radius 3 is 2.52 bits per heavy atom. The largest absolute Gasteiger partial charge is 0.454 e. The van der Waals surface area contributed by atoms with Crippen LogP contribution in [-0.2, 0) is 0 Å². The zero-order chi connectivity index (χ0) is 19.0. The van der Waals surface area contributed by atoms with E-state index in [-0.39, 0.29) is 11.8 Å².